The van der Waals surface area contributed by atoms with Crippen molar-refractivity contribution in [2.75, 3.05) is 0 Å². The minimum Gasteiger partial charge on any atom is -0.485 e. The van der Waals surface area contributed by atoms with Gasteiger partial charge >= 0.3 is 0 Å². The molecule has 2 aromatic rings. The van der Waals surface area contributed by atoms with Crippen LogP contribution in [-0.4, -0.2) is 22.3 Å². The van der Waals surface area contributed by atoms with Gasteiger partial charge < -0.3 is 9.64 Å². The summed E-state index contributed by atoms with van der Waals surface area (Å²) in [4.78, 5) is 2.81. The molecule has 57 heavy (non-hydrogen) atoms. The number of benzene rings is 2. The van der Waals surface area contributed by atoms with E-state index in [0.717, 1.165) is 38.5 Å². The van der Waals surface area contributed by atoms with Crippen molar-refractivity contribution >= 4 is 29.1 Å². The molecule has 0 radical (unpaired) electrons. The van der Waals surface area contributed by atoms with Crippen LogP contribution in [0.25, 0.3) is 17.3 Å². The monoisotopic (exact) mass is 759 g/mol. The topological polar surface area (TPSA) is 12.5 Å². The molecule has 0 amide bonds. The molecule has 8 aliphatic carbocycles. The third kappa shape index (κ3) is 5.59. The SMILES string of the molecule is C1=CCC(C2=CCCC3=C2OC2C=CC(C4C=CC(N(C5=c6ccccc6=C6C=CCCC6C5)C5C=CC=C6C7C=Cc8ccccc8C7SC65)=CC4)=CC32)C=C1. The van der Waals surface area contributed by atoms with Crippen molar-refractivity contribution in [1.82, 2.24) is 4.90 Å². The van der Waals surface area contributed by atoms with Gasteiger partial charge in [0.05, 0.1) is 11.3 Å². The van der Waals surface area contributed by atoms with Gasteiger partial charge in [0.15, 0.2) is 0 Å². The Bertz CT molecular complexity index is 2580. The van der Waals surface area contributed by atoms with E-state index in [-0.39, 0.29) is 12.1 Å². The van der Waals surface area contributed by atoms with Crippen LogP contribution in [0.1, 0.15) is 61.3 Å². The third-order valence-corrected chi connectivity index (χ3v) is 16.1. The first-order valence-electron chi connectivity index (χ1n) is 21.6. The van der Waals surface area contributed by atoms with E-state index in [1.807, 2.05) is 0 Å². The highest BCUT2D eigenvalue weighted by atomic mass is 32.2. The Balaban J connectivity index is 0.899. The summed E-state index contributed by atoms with van der Waals surface area (Å²) in [5.74, 6) is 3.31. The Hall–Kier alpha value is -4.99. The maximum Gasteiger partial charge on any atom is 0.127 e. The van der Waals surface area contributed by atoms with Crippen molar-refractivity contribution in [1.29, 1.82) is 0 Å². The summed E-state index contributed by atoms with van der Waals surface area (Å²) in [7, 11) is 0. The van der Waals surface area contributed by atoms with Gasteiger partial charge in [-0.1, -0.05) is 146 Å². The number of fused-ring (bicyclic) bond motifs is 9. The molecule has 0 N–H and O–H groups in total. The van der Waals surface area contributed by atoms with Crippen molar-refractivity contribution in [3.63, 3.8) is 0 Å². The molecule has 0 aromatic heterocycles. The lowest BCUT2D eigenvalue weighted by Crippen LogP contribution is -2.47. The molecule has 10 aliphatic rings. The van der Waals surface area contributed by atoms with Crippen LogP contribution < -0.4 is 10.4 Å². The molecule has 0 saturated carbocycles. The van der Waals surface area contributed by atoms with Gasteiger partial charge in [-0.15, -0.1) is 11.8 Å². The molecule has 0 spiro atoms. The molecule has 2 nitrogen and oxygen atoms in total. The fourth-order valence-electron chi connectivity index (χ4n) is 11.6. The first-order valence-corrected chi connectivity index (χ1v) is 22.5. The maximum atomic E-state index is 6.77. The molecule has 282 valence electrons. The standard InChI is InChI=1S/C54H49NOS/c1-2-12-35(13-3-1)41-20-10-21-45-48-32-37(27-31-51(48)56-52(41)45)34-24-28-39(29-25-34)55(50-33-38-15-5-6-16-40(38)43-18-8-9-19-44(43)50)49-23-11-22-46-47-30-26-36-14-4-7-17-42(36)53(47)57-54(46)49/h1-4,6-9,11-12,14,16-20,22-24,26-32,34-35,38,47-49,51,53-54H,5,10,13,15,21,25,33H2. The lowest BCUT2D eigenvalue weighted by atomic mass is 9.78. The average Bonchev–Trinajstić information content (AvgIpc) is 3.86. The summed E-state index contributed by atoms with van der Waals surface area (Å²) in [5.41, 5.74) is 13.2. The number of hydrogen-bond donors (Lipinski definition) is 0. The van der Waals surface area contributed by atoms with Gasteiger partial charge in [0.2, 0.25) is 0 Å². The van der Waals surface area contributed by atoms with Crippen molar-refractivity contribution < 1.29 is 4.74 Å². The number of nitrogens with zero attached hydrogens (tertiary/aromatic N) is 1. The fraction of sp³-hybridized carbons (Fsp3) is 0.296. The van der Waals surface area contributed by atoms with E-state index in [4.69, 9.17) is 4.74 Å². The van der Waals surface area contributed by atoms with Crippen molar-refractivity contribution in [3.05, 3.63) is 207 Å². The number of hydrogen-bond acceptors (Lipinski definition) is 3. The molecule has 12 rings (SSSR count). The minimum atomic E-state index is 0.117. The van der Waals surface area contributed by atoms with Gasteiger partial charge in [-0.2, -0.15) is 0 Å². The highest BCUT2D eigenvalue weighted by Crippen LogP contribution is 2.58. The number of rotatable bonds is 5. The molecule has 2 aliphatic heterocycles. The Morgan fingerprint density at radius 3 is 2.56 bits per heavy atom. The first kappa shape index (κ1) is 34.1. The van der Waals surface area contributed by atoms with E-state index in [9.17, 15) is 0 Å². The van der Waals surface area contributed by atoms with E-state index < -0.39 is 0 Å². The van der Waals surface area contributed by atoms with Crippen molar-refractivity contribution in [2.45, 2.75) is 67.6 Å². The van der Waals surface area contributed by atoms with Crippen LogP contribution in [0.15, 0.2) is 186 Å². The predicted octanol–water partition coefficient (Wildman–Crippen LogP) is 11.1. The van der Waals surface area contributed by atoms with Crippen LogP contribution in [0.4, 0.5) is 0 Å². The molecule has 1 saturated heterocycles. The lowest BCUT2D eigenvalue weighted by Gasteiger charge is -2.42. The maximum absolute atomic E-state index is 6.77. The van der Waals surface area contributed by atoms with Gasteiger partial charge in [-0.05, 0) is 107 Å². The van der Waals surface area contributed by atoms with Crippen LogP contribution in [0.5, 0.6) is 0 Å². The Morgan fingerprint density at radius 2 is 1.65 bits per heavy atom. The minimum absolute atomic E-state index is 0.117. The van der Waals surface area contributed by atoms with Crippen LogP contribution in [0.2, 0.25) is 0 Å². The largest absolute Gasteiger partial charge is 0.485 e. The number of allylic oxidation sites excluding steroid dienone is 16. The molecule has 2 aromatic carbocycles. The van der Waals surface area contributed by atoms with E-state index >= 15 is 0 Å². The summed E-state index contributed by atoms with van der Waals surface area (Å²) in [6.45, 7) is 0. The normalized spacial score (nSPS) is 33.5. The fourth-order valence-corrected chi connectivity index (χ4v) is 13.5. The Kier molecular flexibility index (Phi) is 8.28. The van der Waals surface area contributed by atoms with E-state index in [1.165, 1.54) is 67.4 Å². The highest BCUT2D eigenvalue weighted by molar-refractivity contribution is 8.00. The second kappa shape index (κ2) is 13.8. The smallest absolute Gasteiger partial charge is 0.127 e. The van der Waals surface area contributed by atoms with Crippen LogP contribution in [0.3, 0.4) is 0 Å². The molecular weight excluding hydrogens is 711 g/mol. The van der Waals surface area contributed by atoms with E-state index in [0.29, 0.717) is 40.1 Å². The third-order valence-electron chi connectivity index (χ3n) is 14.4. The van der Waals surface area contributed by atoms with Gasteiger partial charge in [0.25, 0.3) is 0 Å². The predicted molar refractivity (Wildman–Crippen MR) is 237 cm³/mol. The summed E-state index contributed by atoms with van der Waals surface area (Å²) in [6, 6.07) is 18.6. The molecule has 2 heterocycles. The molecule has 9 atom stereocenters. The quantitative estimate of drug-likeness (QED) is 0.301. The van der Waals surface area contributed by atoms with Crippen LogP contribution >= 0.6 is 11.8 Å². The number of thioether (sulfide) groups is 1. The number of ether oxygens (including phenoxy) is 1. The highest BCUT2D eigenvalue weighted by Gasteiger charge is 2.47. The van der Waals surface area contributed by atoms with E-state index in [1.54, 1.807) is 5.57 Å². The van der Waals surface area contributed by atoms with Gasteiger partial charge in [-0.3, -0.25) is 0 Å². The second-order valence-electron chi connectivity index (χ2n) is 17.4. The van der Waals surface area contributed by atoms with Crippen molar-refractivity contribution in [2.24, 2.45) is 29.6 Å². The van der Waals surface area contributed by atoms with E-state index in [2.05, 4.69) is 175 Å². The zero-order chi connectivity index (χ0) is 37.5. The molecule has 9 unspecified atom stereocenters. The molecule has 3 heteroatoms. The first-order chi connectivity index (χ1) is 28.3. The van der Waals surface area contributed by atoms with Crippen LogP contribution in [-0.2, 0) is 4.74 Å². The molecular formula is C54H49NOS. The van der Waals surface area contributed by atoms with Crippen molar-refractivity contribution in [3.8, 4) is 0 Å². The summed E-state index contributed by atoms with van der Waals surface area (Å²) < 4.78 is 6.77. The van der Waals surface area contributed by atoms with Gasteiger partial charge in [0.1, 0.15) is 11.9 Å². The zero-order valence-electron chi connectivity index (χ0n) is 32.4. The van der Waals surface area contributed by atoms with Gasteiger partial charge in [0, 0.05) is 45.5 Å². The zero-order valence-corrected chi connectivity index (χ0v) is 33.2. The van der Waals surface area contributed by atoms with Gasteiger partial charge in [-0.25, -0.2) is 0 Å². The second-order valence-corrected chi connectivity index (χ2v) is 18.7. The summed E-state index contributed by atoms with van der Waals surface area (Å²) >= 11 is 2.20. The Labute approximate surface area is 341 Å². The average molecular weight is 760 g/mol. The lowest BCUT2D eigenvalue weighted by molar-refractivity contribution is 0.167. The van der Waals surface area contributed by atoms with Crippen LogP contribution in [0, 0.1) is 29.6 Å². The Morgan fingerprint density at radius 1 is 0.719 bits per heavy atom. The molecule has 1 fully saturated rings. The molecule has 0 bridgehead atoms. The summed E-state index contributed by atoms with van der Waals surface area (Å²) in [5, 5.41) is 3.68. The summed E-state index contributed by atoms with van der Waals surface area (Å²) in [6.07, 6.45) is 51.3.